The van der Waals surface area contributed by atoms with Gasteiger partial charge in [0, 0.05) is 16.1 Å². The number of pyridine rings is 1. The minimum Gasteiger partial charge on any atom is -0.507 e. The number of H-pyrrole nitrogens is 1. The Balaban J connectivity index is 3.18. The van der Waals surface area contributed by atoms with Crippen LogP contribution in [0, 0.1) is 13.8 Å². The third kappa shape index (κ3) is 2.56. The van der Waals surface area contributed by atoms with Gasteiger partial charge in [0.05, 0.1) is 0 Å². The van der Waals surface area contributed by atoms with Crippen LogP contribution >= 0.6 is 11.6 Å². The van der Waals surface area contributed by atoms with Crippen LogP contribution in [0.4, 0.5) is 5.82 Å². The molecule has 0 amide bonds. The molecule has 2 rings (SSSR count). The van der Waals surface area contributed by atoms with Crippen LogP contribution in [0.25, 0.3) is 11.1 Å². The number of halogens is 1. The van der Waals surface area contributed by atoms with E-state index in [1.807, 2.05) is 4.98 Å². The van der Waals surface area contributed by atoms with Crippen LogP contribution in [0.5, 0.6) is 5.75 Å². The van der Waals surface area contributed by atoms with E-state index in [1.54, 1.807) is 0 Å². The highest BCUT2D eigenvalue weighted by atomic mass is 35.5. The van der Waals surface area contributed by atoms with Crippen molar-refractivity contribution in [3.8, 4) is 16.9 Å². The van der Waals surface area contributed by atoms with Gasteiger partial charge in [-0.2, -0.15) is 0 Å². The third-order valence-electron chi connectivity index (χ3n) is 3.61. The van der Waals surface area contributed by atoms with Crippen molar-refractivity contribution in [2.24, 2.45) is 0 Å². The average Bonchev–Trinajstić information content (AvgIpc) is 2.44. The monoisotopic (exact) mass is 352 g/mol. The summed E-state index contributed by atoms with van der Waals surface area (Å²) in [4.78, 5) is 37.1. The zero-order chi connectivity index (χ0) is 18.3. The predicted molar refractivity (Wildman–Crippen MR) is 87.0 cm³/mol. The first kappa shape index (κ1) is 17.4. The van der Waals surface area contributed by atoms with Gasteiger partial charge in [-0.25, -0.2) is 9.59 Å². The summed E-state index contributed by atoms with van der Waals surface area (Å²) in [6.45, 7) is 2.97. The van der Waals surface area contributed by atoms with Crippen molar-refractivity contribution >= 4 is 29.4 Å². The summed E-state index contributed by atoms with van der Waals surface area (Å²) in [5.74, 6) is -4.13. The lowest BCUT2D eigenvalue weighted by molar-refractivity contribution is 0.0695. The number of phenols is 1. The number of aryl methyl sites for hydroxylation is 1. The van der Waals surface area contributed by atoms with Crippen molar-refractivity contribution in [1.29, 1.82) is 0 Å². The lowest BCUT2D eigenvalue weighted by atomic mass is 9.90. The van der Waals surface area contributed by atoms with Crippen molar-refractivity contribution in [2.75, 3.05) is 5.73 Å². The van der Waals surface area contributed by atoms with Gasteiger partial charge in [0.15, 0.2) is 0 Å². The SMILES string of the molecule is Cc1cc(Cl)c(C)c(-c2c(C(=O)O)c(N)[nH]c(=O)c2C(=O)O)c1O. The summed E-state index contributed by atoms with van der Waals surface area (Å²) >= 11 is 6.06. The maximum absolute atomic E-state index is 12.0. The molecule has 0 radical (unpaired) electrons. The van der Waals surface area contributed by atoms with Crippen molar-refractivity contribution in [1.82, 2.24) is 4.98 Å². The Morgan fingerprint density at radius 1 is 1.12 bits per heavy atom. The molecule has 0 bridgehead atoms. The second-order valence-electron chi connectivity index (χ2n) is 5.13. The summed E-state index contributed by atoms with van der Waals surface area (Å²) < 4.78 is 0. The summed E-state index contributed by atoms with van der Waals surface area (Å²) in [6.07, 6.45) is 0. The van der Waals surface area contributed by atoms with Gasteiger partial charge in [0.1, 0.15) is 22.7 Å². The minimum absolute atomic E-state index is 0.160. The van der Waals surface area contributed by atoms with Gasteiger partial charge >= 0.3 is 11.9 Å². The molecule has 1 aromatic carbocycles. The number of anilines is 1. The fraction of sp³-hybridized carbons (Fsp3) is 0.133. The van der Waals surface area contributed by atoms with E-state index in [0.717, 1.165) is 0 Å². The molecule has 0 aliphatic rings. The van der Waals surface area contributed by atoms with E-state index >= 15 is 0 Å². The number of aromatic hydroxyl groups is 1. The van der Waals surface area contributed by atoms with Crippen molar-refractivity contribution in [3.05, 3.63) is 43.7 Å². The van der Waals surface area contributed by atoms with Crippen molar-refractivity contribution in [2.45, 2.75) is 13.8 Å². The maximum atomic E-state index is 12.0. The number of nitrogens with two attached hydrogens (primary N) is 1. The second kappa shape index (κ2) is 5.89. The third-order valence-corrected chi connectivity index (χ3v) is 4.00. The fourth-order valence-electron chi connectivity index (χ4n) is 2.46. The predicted octanol–water partition coefficient (Wildman–Crippen LogP) is 2.00. The molecule has 6 N–H and O–H groups in total. The smallest absolute Gasteiger partial charge is 0.342 e. The molecule has 1 heterocycles. The van der Waals surface area contributed by atoms with Crippen LogP contribution in [0.3, 0.4) is 0 Å². The molecule has 0 spiro atoms. The molecule has 0 saturated carbocycles. The van der Waals surface area contributed by atoms with Crippen molar-refractivity contribution < 1.29 is 24.9 Å². The lowest BCUT2D eigenvalue weighted by Crippen LogP contribution is -2.24. The maximum Gasteiger partial charge on any atom is 0.342 e. The number of carboxylic acids is 2. The molecule has 0 saturated heterocycles. The highest BCUT2D eigenvalue weighted by Gasteiger charge is 2.30. The summed E-state index contributed by atoms with van der Waals surface area (Å²) in [7, 11) is 0. The average molecular weight is 353 g/mol. The first-order valence-electron chi connectivity index (χ1n) is 6.59. The molecule has 0 aliphatic heterocycles. The van der Waals surface area contributed by atoms with E-state index in [0.29, 0.717) is 0 Å². The standard InChI is InChI=1S/C15H13ClN2O6/c1-4-3-6(16)5(2)7(11(4)19)8-9(14(21)22)12(17)18-13(20)10(8)15(23)24/h3,19H,1-2H3,(H,21,22)(H,23,24)(H3,17,18,20). The lowest BCUT2D eigenvalue weighted by Gasteiger charge is -2.17. The highest BCUT2D eigenvalue weighted by molar-refractivity contribution is 6.32. The molecular weight excluding hydrogens is 340 g/mol. The molecule has 1 aromatic heterocycles. The molecule has 0 fully saturated rings. The van der Waals surface area contributed by atoms with Gasteiger partial charge in [0.2, 0.25) is 0 Å². The zero-order valence-electron chi connectivity index (χ0n) is 12.6. The number of hydrogen-bond acceptors (Lipinski definition) is 5. The van der Waals surface area contributed by atoms with Crippen LogP contribution < -0.4 is 11.3 Å². The van der Waals surface area contributed by atoms with E-state index in [4.69, 9.17) is 17.3 Å². The summed E-state index contributed by atoms with van der Waals surface area (Å²) in [6, 6.07) is 1.44. The zero-order valence-corrected chi connectivity index (χ0v) is 13.4. The van der Waals surface area contributed by atoms with E-state index in [-0.39, 0.29) is 27.5 Å². The fourth-order valence-corrected chi connectivity index (χ4v) is 2.72. The number of nitrogen functional groups attached to an aromatic ring is 1. The highest BCUT2D eigenvalue weighted by Crippen LogP contribution is 2.42. The Hall–Kier alpha value is -3.00. The molecular formula is C15H13ClN2O6. The number of carboxylic acid groups (broad SMARTS) is 2. The largest absolute Gasteiger partial charge is 0.507 e. The minimum atomic E-state index is -1.66. The molecule has 0 atom stereocenters. The summed E-state index contributed by atoms with van der Waals surface area (Å²) in [5.41, 5.74) is 2.85. The topological polar surface area (TPSA) is 154 Å². The van der Waals surface area contributed by atoms with E-state index in [2.05, 4.69) is 0 Å². The van der Waals surface area contributed by atoms with E-state index < -0.39 is 40.0 Å². The number of rotatable bonds is 3. The van der Waals surface area contributed by atoms with Gasteiger partial charge in [0.25, 0.3) is 5.56 Å². The molecule has 0 unspecified atom stereocenters. The number of phenolic OH excluding ortho intramolecular Hbond substituents is 1. The molecule has 126 valence electrons. The van der Waals surface area contributed by atoms with Crippen LogP contribution in [0.1, 0.15) is 31.8 Å². The Morgan fingerprint density at radius 2 is 1.67 bits per heavy atom. The Bertz CT molecular complexity index is 922. The number of benzene rings is 1. The number of aromatic amines is 1. The normalized spacial score (nSPS) is 10.6. The van der Waals surface area contributed by atoms with E-state index in [9.17, 15) is 29.7 Å². The first-order chi connectivity index (χ1) is 11.1. The van der Waals surface area contributed by atoms with Gasteiger partial charge < -0.3 is 26.0 Å². The van der Waals surface area contributed by atoms with Crippen LogP contribution in [0.2, 0.25) is 5.02 Å². The van der Waals surface area contributed by atoms with Gasteiger partial charge in [-0.1, -0.05) is 11.6 Å². The molecule has 24 heavy (non-hydrogen) atoms. The van der Waals surface area contributed by atoms with Gasteiger partial charge in [-0.3, -0.25) is 4.79 Å². The van der Waals surface area contributed by atoms with E-state index in [1.165, 1.54) is 19.9 Å². The molecule has 0 aliphatic carbocycles. The Morgan fingerprint density at radius 3 is 2.17 bits per heavy atom. The summed E-state index contributed by atoms with van der Waals surface area (Å²) in [5, 5.41) is 29.3. The van der Waals surface area contributed by atoms with Crippen LogP contribution in [0.15, 0.2) is 10.9 Å². The second-order valence-corrected chi connectivity index (χ2v) is 5.53. The first-order valence-corrected chi connectivity index (χ1v) is 6.97. The molecule has 8 nitrogen and oxygen atoms in total. The van der Waals surface area contributed by atoms with Crippen LogP contribution in [-0.4, -0.2) is 32.2 Å². The van der Waals surface area contributed by atoms with Gasteiger partial charge in [-0.05, 0) is 31.0 Å². The molecule has 9 heteroatoms. The van der Waals surface area contributed by atoms with Crippen LogP contribution in [-0.2, 0) is 0 Å². The number of carbonyl (C=O) groups is 2. The number of aromatic nitrogens is 1. The number of aromatic carboxylic acids is 2. The Kier molecular flexibility index (Phi) is 4.26. The Labute approximate surface area is 140 Å². The quantitative estimate of drug-likeness (QED) is 0.565. The van der Waals surface area contributed by atoms with Crippen molar-refractivity contribution in [3.63, 3.8) is 0 Å². The van der Waals surface area contributed by atoms with Gasteiger partial charge in [-0.15, -0.1) is 0 Å². The number of hydrogen-bond donors (Lipinski definition) is 5. The molecule has 2 aromatic rings. The number of nitrogens with one attached hydrogen (secondary N) is 1.